The van der Waals surface area contributed by atoms with E-state index in [-0.39, 0.29) is 0 Å². The first-order valence-electron chi connectivity index (χ1n) is 7.77. The van der Waals surface area contributed by atoms with Crippen molar-refractivity contribution >= 4 is 11.9 Å². The van der Waals surface area contributed by atoms with Gasteiger partial charge in [-0.15, -0.1) is 0 Å². The second kappa shape index (κ2) is 6.65. The molecule has 150 valence electrons. The molecule has 2 unspecified atom stereocenters. The number of aliphatic carboxylic acids is 2. The summed E-state index contributed by atoms with van der Waals surface area (Å²) >= 11 is 0. The Bertz CT molecular complexity index is 532. The molecule has 2 aliphatic heterocycles. The van der Waals surface area contributed by atoms with Crippen molar-refractivity contribution in [2.24, 2.45) is 0 Å². The molecule has 12 heteroatoms. The van der Waals surface area contributed by atoms with Crippen molar-refractivity contribution in [3.8, 4) is 0 Å². The fraction of sp³-hybridized carbons (Fsp3) is 0.857. The first-order valence-corrected chi connectivity index (χ1v) is 7.77. The summed E-state index contributed by atoms with van der Waals surface area (Å²) in [7, 11) is 0. The summed E-state index contributed by atoms with van der Waals surface area (Å²) in [6.07, 6.45) is -16.0. The molecule has 2 rings (SSSR count). The topological polar surface area (TPSA) is 214 Å². The highest BCUT2D eigenvalue weighted by atomic mass is 16.6. The Balaban J connectivity index is 2.76. The maximum atomic E-state index is 12.1. The van der Waals surface area contributed by atoms with E-state index in [1.165, 1.54) is 0 Å². The highest BCUT2D eigenvalue weighted by molar-refractivity contribution is 5.93. The molecule has 12 nitrogen and oxygen atoms in total. The van der Waals surface area contributed by atoms with E-state index >= 15 is 0 Å². The predicted octanol–water partition coefficient (Wildman–Crippen LogP) is -4.36. The molecule has 0 aromatic carbocycles. The van der Waals surface area contributed by atoms with E-state index in [4.69, 9.17) is 9.47 Å². The zero-order valence-corrected chi connectivity index (χ0v) is 13.8. The summed E-state index contributed by atoms with van der Waals surface area (Å²) in [6.45, 7) is 2.22. The van der Waals surface area contributed by atoms with Gasteiger partial charge < -0.3 is 50.3 Å². The van der Waals surface area contributed by atoms with Gasteiger partial charge in [0.15, 0.2) is 0 Å². The lowest BCUT2D eigenvalue weighted by molar-refractivity contribution is -0.357. The maximum Gasteiger partial charge on any atom is 0.342 e. The van der Waals surface area contributed by atoms with E-state index in [2.05, 4.69) is 0 Å². The molecule has 2 heterocycles. The third-order valence-corrected chi connectivity index (χ3v) is 5.07. The minimum Gasteiger partial charge on any atom is -0.479 e. The number of hydrogen-bond donors (Lipinski definition) is 8. The van der Waals surface area contributed by atoms with Crippen LogP contribution in [0.2, 0.25) is 0 Å². The number of ether oxygens (including phenoxy) is 2. The molecule has 2 fully saturated rings. The molecule has 0 radical (unpaired) electrons. The van der Waals surface area contributed by atoms with Gasteiger partial charge >= 0.3 is 11.9 Å². The summed E-state index contributed by atoms with van der Waals surface area (Å²) in [5.41, 5.74) is -6.63. The third kappa shape index (κ3) is 2.46. The molecule has 2 aliphatic rings. The number of carboxylic acids is 2. The fourth-order valence-electron chi connectivity index (χ4n) is 3.56. The van der Waals surface area contributed by atoms with E-state index in [0.717, 1.165) is 13.8 Å². The van der Waals surface area contributed by atoms with Gasteiger partial charge in [0.2, 0.25) is 11.2 Å². The Labute approximate surface area is 146 Å². The lowest BCUT2D eigenvalue weighted by atomic mass is 9.67. The maximum absolute atomic E-state index is 12.1. The number of rotatable bonds is 3. The normalized spacial score (nSPS) is 52.5. The number of carbonyl (C=O) groups is 2. The zero-order chi connectivity index (χ0) is 20.2. The van der Waals surface area contributed by atoms with Gasteiger partial charge in [-0.05, 0) is 13.8 Å². The van der Waals surface area contributed by atoms with Gasteiger partial charge in [0.25, 0.3) is 0 Å². The van der Waals surface area contributed by atoms with Crippen molar-refractivity contribution in [2.75, 3.05) is 0 Å². The fourth-order valence-corrected chi connectivity index (χ4v) is 3.56. The Morgan fingerprint density at radius 2 is 0.923 bits per heavy atom. The summed E-state index contributed by atoms with van der Waals surface area (Å²) in [5, 5.41) is 79.8. The Kier molecular flexibility index (Phi) is 5.35. The highest BCUT2D eigenvalue weighted by Crippen LogP contribution is 2.46. The van der Waals surface area contributed by atoms with E-state index < -0.39 is 72.0 Å². The van der Waals surface area contributed by atoms with Gasteiger partial charge in [0, 0.05) is 0 Å². The van der Waals surface area contributed by atoms with E-state index in [9.17, 15) is 50.4 Å². The van der Waals surface area contributed by atoms with Crippen molar-refractivity contribution in [1.29, 1.82) is 0 Å². The Morgan fingerprint density at radius 3 is 1.15 bits per heavy atom. The lowest BCUT2D eigenvalue weighted by Crippen LogP contribution is -2.84. The summed E-state index contributed by atoms with van der Waals surface area (Å²) in [6, 6.07) is 0. The van der Waals surface area contributed by atoms with Gasteiger partial charge in [-0.25, -0.2) is 9.59 Å². The molecule has 2 saturated heterocycles. The standard InChI is InChI=1S/C14H22O12/c1-3-5(15)7(17)9(19)13(25-3,11(21)22)14(12(23)24)10(20)8(18)6(16)4(2)26-14/h3-10,15-20H,1-2H3,(H,21,22)(H,23,24)/t3-,4-,5+,6+,7+,8+,9-,10-,13?,14?/m1/s1. The Hall–Kier alpha value is -1.38. The van der Waals surface area contributed by atoms with Crippen LogP contribution in [0, 0.1) is 0 Å². The van der Waals surface area contributed by atoms with Crippen LogP contribution in [-0.4, -0.2) is 113 Å². The minimum atomic E-state index is -3.31. The average molecular weight is 382 g/mol. The van der Waals surface area contributed by atoms with Gasteiger partial charge in [-0.1, -0.05) is 0 Å². The second-order valence-corrected chi connectivity index (χ2v) is 6.58. The van der Waals surface area contributed by atoms with Crippen LogP contribution < -0.4 is 0 Å². The molecule has 0 aliphatic carbocycles. The minimum absolute atomic E-state index is 1.11. The van der Waals surface area contributed by atoms with Crippen LogP contribution in [0.3, 0.4) is 0 Å². The number of carboxylic acid groups (broad SMARTS) is 2. The third-order valence-electron chi connectivity index (χ3n) is 5.07. The molecule has 0 aromatic heterocycles. The summed E-state index contributed by atoms with van der Waals surface area (Å²) in [5.74, 6) is -4.25. The predicted molar refractivity (Wildman–Crippen MR) is 77.9 cm³/mol. The molecule has 0 aromatic rings. The second-order valence-electron chi connectivity index (χ2n) is 6.58. The van der Waals surface area contributed by atoms with Crippen molar-refractivity contribution in [2.45, 2.75) is 73.9 Å². The number of hydrogen-bond acceptors (Lipinski definition) is 10. The van der Waals surface area contributed by atoms with Crippen LogP contribution in [0.4, 0.5) is 0 Å². The molecule has 0 spiro atoms. The Morgan fingerprint density at radius 1 is 0.654 bits per heavy atom. The lowest BCUT2D eigenvalue weighted by Gasteiger charge is -2.57. The van der Waals surface area contributed by atoms with Crippen LogP contribution in [0.25, 0.3) is 0 Å². The van der Waals surface area contributed by atoms with Crippen LogP contribution in [-0.2, 0) is 19.1 Å². The SMILES string of the molecule is C[C@H]1OC(C(=O)O)(C2(C(=O)O)O[C@H](C)[C@H](O)[C@H](O)[C@H]2O)[C@H](O)[C@@H](O)[C@H]1O. The largest absolute Gasteiger partial charge is 0.479 e. The van der Waals surface area contributed by atoms with Crippen LogP contribution >= 0.6 is 0 Å². The molecule has 26 heavy (non-hydrogen) atoms. The van der Waals surface area contributed by atoms with Gasteiger partial charge in [-0.2, -0.15) is 0 Å². The van der Waals surface area contributed by atoms with Crippen LogP contribution in [0.5, 0.6) is 0 Å². The van der Waals surface area contributed by atoms with Crippen LogP contribution in [0.15, 0.2) is 0 Å². The smallest absolute Gasteiger partial charge is 0.342 e. The van der Waals surface area contributed by atoms with E-state index in [0.29, 0.717) is 0 Å². The first kappa shape index (κ1) is 20.9. The zero-order valence-electron chi connectivity index (χ0n) is 13.8. The number of aliphatic hydroxyl groups is 6. The van der Waals surface area contributed by atoms with Crippen LogP contribution in [0.1, 0.15) is 13.8 Å². The van der Waals surface area contributed by atoms with Crippen molar-refractivity contribution in [1.82, 2.24) is 0 Å². The van der Waals surface area contributed by atoms with Gasteiger partial charge in [0.1, 0.15) is 36.6 Å². The van der Waals surface area contributed by atoms with Crippen molar-refractivity contribution < 1.29 is 59.9 Å². The summed E-state index contributed by atoms with van der Waals surface area (Å²) < 4.78 is 10.2. The van der Waals surface area contributed by atoms with Gasteiger partial charge in [-0.3, -0.25) is 0 Å². The summed E-state index contributed by atoms with van der Waals surface area (Å²) in [4.78, 5) is 24.1. The highest BCUT2D eigenvalue weighted by Gasteiger charge is 2.78. The first-order chi connectivity index (χ1) is 11.9. The van der Waals surface area contributed by atoms with E-state index in [1.807, 2.05) is 0 Å². The van der Waals surface area contributed by atoms with E-state index in [1.54, 1.807) is 0 Å². The molecule has 0 saturated carbocycles. The molecular weight excluding hydrogens is 360 g/mol. The molecular formula is C14H22O12. The number of aliphatic hydroxyl groups excluding tert-OH is 6. The monoisotopic (exact) mass is 382 g/mol. The van der Waals surface area contributed by atoms with Crippen molar-refractivity contribution in [3.63, 3.8) is 0 Å². The average Bonchev–Trinajstić information content (AvgIpc) is 2.57. The molecule has 0 bridgehead atoms. The molecule has 10 atom stereocenters. The van der Waals surface area contributed by atoms with Crippen molar-refractivity contribution in [3.05, 3.63) is 0 Å². The van der Waals surface area contributed by atoms with Gasteiger partial charge in [0.05, 0.1) is 12.2 Å². The molecule has 8 N–H and O–H groups in total. The molecule has 0 amide bonds. The quantitative estimate of drug-likeness (QED) is 0.232.